The summed E-state index contributed by atoms with van der Waals surface area (Å²) in [5, 5.41) is 7.37. The number of rotatable bonds is 4. The number of carbonyl (C=O) groups excluding carboxylic acids is 2. The van der Waals surface area contributed by atoms with Gasteiger partial charge in [-0.1, -0.05) is 6.92 Å². The second kappa shape index (κ2) is 6.05. The monoisotopic (exact) mass is 342 g/mol. The Bertz CT molecular complexity index is 541. The average molecular weight is 343 g/mol. The number of amides is 2. The summed E-state index contributed by atoms with van der Waals surface area (Å²) in [6.07, 6.45) is 0.806. The number of nitrogens with one attached hydrogen (secondary N) is 1. The van der Waals surface area contributed by atoms with Crippen molar-refractivity contribution in [3.8, 4) is 0 Å². The number of piperazine rings is 1. The number of imide groups is 1. The molecule has 0 aromatic carbocycles. The lowest BCUT2D eigenvalue weighted by molar-refractivity contribution is -0.149. The molecule has 1 aromatic rings. The molecule has 2 heterocycles. The van der Waals surface area contributed by atoms with E-state index in [-0.39, 0.29) is 30.9 Å². The van der Waals surface area contributed by atoms with E-state index in [2.05, 4.69) is 26.3 Å². The fraction of sp³-hybridized carbons (Fsp3) is 0.615. The summed E-state index contributed by atoms with van der Waals surface area (Å²) in [6, 6.07) is -0.324. The predicted octanol–water partition coefficient (Wildman–Crippen LogP) is 1.07. The molecule has 1 aliphatic heterocycles. The summed E-state index contributed by atoms with van der Waals surface area (Å²) in [4.78, 5) is 25.4. The lowest BCUT2D eigenvalue weighted by atomic mass is 10.2. The first-order chi connectivity index (χ1) is 9.49. The number of nitrogens with zero attached hydrogens (tertiary/aromatic N) is 3. The fourth-order valence-electron chi connectivity index (χ4n) is 2.26. The lowest BCUT2D eigenvalue weighted by Gasteiger charge is -2.29. The summed E-state index contributed by atoms with van der Waals surface area (Å²) in [5.41, 5.74) is 1.82. The van der Waals surface area contributed by atoms with Gasteiger partial charge in [-0.2, -0.15) is 5.10 Å². The van der Waals surface area contributed by atoms with Gasteiger partial charge in [0, 0.05) is 6.54 Å². The van der Waals surface area contributed by atoms with E-state index >= 15 is 0 Å². The Balaban J connectivity index is 2.31. The van der Waals surface area contributed by atoms with E-state index in [4.69, 9.17) is 0 Å². The van der Waals surface area contributed by atoms with Gasteiger partial charge in [0.05, 0.1) is 35.0 Å². The van der Waals surface area contributed by atoms with Gasteiger partial charge in [0.25, 0.3) is 0 Å². The van der Waals surface area contributed by atoms with Crippen LogP contribution in [0.25, 0.3) is 0 Å². The van der Waals surface area contributed by atoms with Crippen molar-refractivity contribution < 1.29 is 9.59 Å². The van der Waals surface area contributed by atoms with Crippen LogP contribution in [0.5, 0.6) is 0 Å². The molecule has 20 heavy (non-hydrogen) atoms. The third kappa shape index (κ3) is 2.64. The summed E-state index contributed by atoms with van der Waals surface area (Å²) in [5.74, 6) is -0.378. The van der Waals surface area contributed by atoms with Crippen molar-refractivity contribution in [3.63, 3.8) is 0 Å². The zero-order valence-corrected chi connectivity index (χ0v) is 13.5. The molecule has 0 aliphatic carbocycles. The SMILES string of the molecule is CCc1nn(CC)c(CN2C(=O)CNC(C)C2=O)c1Br. The topological polar surface area (TPSA) is 67.2 Å². The summed E-state index contributed by atoms with van der Waals surface area (Å²) < 4.78 is 2.74. The Morgan fingerprint density at radius 3 is 2.70 bits per heavy atom. The minimum absolute atomic E-state index is 0.185. The van der Waals surface area contributed by atoms with E-state index in [0.29, 0.717) is 6.54 Å². The molecule has 0 bridgehead atoms. The van der Waals surface area contributed by atoms with E-state index < -0.39 is 0 Å². The summed E-state index contributed by atoms with van der Waals surface area (Å²) in [7, 11) is 0. The predicted molar refractivity (Wildman–Crippen MR) is 78.0 cm³/mol. The molecule has 1 saturated heterocycles. The standard InChI is InChI=1S/C13H19BrN4O2/c1-4-9-12(14)10(18(5-2)16-9)7-17-11(19)6-15-8(3)13(17)20/h8,15H,4-7H2,1-3H3. The minimum atomic E-state index is -0.324. The molecular formula is C13H19BrN4O2. The molecular weight excluding hydrogens is 324 g/mol. The van der Waals surface area contributed by atoms with Crippen molar-refractivity contribution >= 4 is 27.7 Å². The van der Waals surface area contributed by atoms with E-state index in [1.165, 1.54) is 4.90 Å². The Labute approximate surface area is 126 Å². The molecule has 6 nitrogen and oxygen atoms in total. The normalized spacial score (nSPS) is 19.8. The Hall–Kier alpha value is -1.21. The van der Waals surface area contributed by atoms with Gasteiger partial charge in [0.1, 0.15) is 0 Å². The van der Waals surface area contributed by atoms with Crippen LogP contribution in [0.2, 0.25) is 0 Å². The minimum Gasteiger partial charge on any atom is -0.298 e. The largest absolute Gasteiger partial charge is 0.298 e. The van der Waals surface area contributed by atoms with Gasteiger partial charge < -0.3 is 0 Å². The van der Waals surface area contributed by atoms with Gasteiger partial charge in [-0.15, -0.1) is 0 Å². The summed E-state index contributed by atoms with van der Waals surface area (Å²) >= 11 is 3.54. The van der Waals surface area contributed by atoms with Crippen molar-refractivity contribution in [2.75, 3.05) is 6.54 Å². The maximum atomic E-state index is 12.1. The van der Waals surface area contributed by atoms with Crippen LogP contribution >= 0.6 is 15.9 Å². The summed E-state index contributed by atoms with van der Waals surface area (Å²) in [6.45, 7) is 6.96. The third-order valence-electron chi connectivity index (χ3n) is 3.50. The van der Waals surface area contributed by atoms with E-state index in [1.807, 2.05) is 18.5 Å². The maximum absolute atomic E-state index is 12.1. The van der Waals surface area contributed by atoms with Crippen molar-refractivity contribution in [1.82, 2.24) is 20.0 Å². The van der Waals surface area contributed by atoms with Gasteiger partial charge in [-0.05, 0) is 36.2 Å². The van der Waals surface area contributed by atoms with Crippen LogP contribution in [0.3, 0.4) is 0 Å². The molecule has 1 atom stereocenters. The van der Waals surface area contributed by atoms with Crippen LogP contribution in [0, 0.1) is 0 Å². The first kappa shape index (κ1) is 15.2. The van der Waals surface area contributed by atoms with Gasteiger partial charge in [-0.3, -0.25) is 24.5 Å². The van der Waals surface area contributed by atoms with Crippen LogP contribution in [0.15, 0.2) is 4.47 Å². The second-order valence-electron chi connectivity index (χ2n) is 4.80. The van der Waals surface area contributed by atoms with Crippen LogP contribution in [0.4, 0.5) is 0 Å². The molecule has 1 aliphatic rings. The highest BCUT2D eigenvalue weighted by Crippen LogP contribution is 2.24. The second-order valence-corrected chi connectivity index (χ2v) is 5.59. The number of aromatic nitrogens is 2. The molecule has 7 heteroatoms. The maximum Gasteiger partial charge on any atom is 0.246 e. The highest BCUT2D eigenvalue weighted by Gasteiger charge is 2.32. The first-order valence-electron chi connectivity index (χ1n) is 6.81. The van der Waals surface area contributed by atoms with Crippen molar-refractivity contribution in [1.29, 1.82) is 0 Å². The van der Waals surface area contributed by atoms with Crippen LogP contribution < -0.4 is 5.32 Å². The molecule has 1 N–H and O–H groups in total. The molecule has 1 aromatic heterocycles. The van der Waals surface area contributed by atoms with Crippen LogP contribution in [0.1, 0.15) is 32.2 Å². The van der Waals surface area contributed by atoms with Crippen LogP contribution in [-0.4, -0.2) is 39.1 Å². The van der Waals surface area contributed by atoms with Gasteiger partial charge in [0.15, 0.2) is 0 Å². The molecule has 2 rings (SSSR count). The smallest absolute Gasteiger partial charge is 0.246 e. The molecule has 0 spiro atoms. The molecule has 2 amide bonds. The zero-order valence-electron chi connectivity index (χ0n) is 11.9. The first-order valence-corrected chi connectivity index (χ1v) is 7.60. The van der Waals surface area contributed by atoms with E-state index in [1.54, 1.807) is 6.92 Å². The Morgan fingerprint density at radius 1 is 1.40 bits per heavy atom. The lowest BCUT2D eigenvalue weighted by Crippen LogP contribution is -2.56. The van der Waals surface area contributed by atoms with Gasteiger partial charge in [-0.25, -0.2) is 0 Å². The van der Waals surface area contributed by atoms with Crippen LogP contribution in [-0.2, 0) is 29.1 Å². The third-order valence-corrected chi connectivity index (χ3v) is 4.41. The average Bonchev–Trinajstić information content (AvgIpc) is 2.75. The molecule has 1 fully saturated rings. The van der Waals surface area contributed by atoms with Gasteiger partial charge >= 0.3 is 0 Å². The number of hydrogen-bond donors (Lipinski definition) is 1. The van der Waals surface area contributed by atoms with Crippen molar-refractivity contribution in [2.24, 2.45) is 0 Å². The quantitative estimate of drug-likeness (QED) is 0.831. The van der Waals surface area contributed by atoms with Gasteiger partial charge in [0.2, 0.25) is 11.8 Å². The molecule has 110 valence electrons. The van der Waals surface area contributed by atoms with Crippen molar-refractivity contribution in [2.45, 2.75) is 46.3 Å². The molecule has 1 unspecified atom stereocenters. The zero-order chi connectivity index (χ0) is 14.9. The highest BCUT2D eigenvalue weighted by atomic mass is 79.9. The van der Waals surface area contributed by atoms with E-state index in [9.17, 15) is 9.59 Å². The Kier molecular flexibility index (Phi) is 4.59. The Morgan fingerprint density at radius 2 is 2.10 bits per heavy atom. The number of hydrogen-bond acceptors (Lipinski definition) is 4. The number of halogens is 1. The van der Waals surface area contributed by atoms with Crippen molar-refractivity contribution in [3.05, 3.63) is 15.9 Å². The highest BCUT2D eigenvalue weighted by molar-refractivity contribution is 9.10. The van der Waals surface area contributed by atoms with E-state index in [0.717, 1.165) is 22.3 Å². The molecule has 0 saturated carbocycles. The fourth-order valence-corrected chi connectivity index (χ4v) is 2.95. The molecule has 0 radical (unpaired) electrons. The number of aryl methyl sites for hydroxylation is 2. The number of carbonyl (C=O) groups is 2.